The number of hydrogen-bond donors (Lipinski definition) is 0. The molecule has 10 nitrogen and oxygen atoms in total. The highest BCUT2D eigenvalue weighted by molar-refractivity contribution is 6.36. The molecule has 0 aliphatic rings. The fourth-order valence-electron chi connectivity index (χ4n) is 4.64. The summed E-state index contributed by atoms with van der Waals surface area (Å²) in [6.45, 7) is 3.28. The zero-order chi connectivity index (χ0) is 34.5. The van der Waals surface area contributed by atoms with Crippen molar-refractivity contribution in [2.45, 2.75) is 27.1 Å². The number of ether oxygens (including phenoxy) is 6. The third-order valence-corrected chi connectivity index (χ3v) is 6.99. The normalized spacial score (nSPS) is 11.1. The second kappa shape index (κ2) is 17.1. The molecule has 4 aromatic carbocycles. The lowest BCUT2D eigenvalue weighted by molar-refractivity contribution is -0.141. The summed E-state index contributed by atoms with van der Waals surface area (Å²) in [7, 11) is 2.80. The fourth-order valence-corrected chi connectivity index (χ4v) is 4.64. The Bertz CT molecular complexity index is 1650. The lowest BCUT2D eigenvalue weighted by Crippen LogP contribution is -2.27. The molecule has 48 heavy (non-hydrogen) atoms. The van der Waals surface area contributed by atoms with E-state index in [1.54, 1.807) is 0 Å². The predicted molar refractivity (Wildman–Crippen MR) is 176 cm³/mol. The van der Waals surface area contributed by atoms with Crippen molar-refractivity contribution in [1.82, 2.24) is 0 Å². The van der Waals surface area contributed by atoms with Crippen LogP contribution in [0.4, 0.5) is 0 Å². The third kappa shape index (κ3) is 8.67. The molecule has 4 aromatic rings. The van der Waals surface area contributed by atoms with Crippen molar-refractivity contribution in [3.8, 4) is 23.0 Å². The van der Waals surface area contributed by atoms with Gasteiger partial charge in [0.05, 0.1) is 27.4 Å². The van der Waals surface area contributed by atoms with E-state index >= 15 is 0 Å². The van der Waals surface area contributed by atoms with Crippen molar-refractivity contribution >= 4 is 23.5 Å². The Kier molecular flexibility index (Phi) is 12.5. The predicted octanol–water partition coefficient (Wildman–Crippen LogP) is 6.35. The van der Waals surface area contributed by atoms with Gasteiger partial charge in [-0.25, -0.2) is 9.59 Å². The number of carbonyl (C=O) groups is 4. The molecule has 248 valence electrons. The van der Waals surface area contributed by atoms with Gasteiger partial charge < -0.3 is 28.4 Å². The molecule has 0 aliphatic heterocycles. The smallest absolute Gasteiger partial charge is 0.343 e. The van der Waals surface area contributed by atoms with Gasteiger partial charge in [0, 0.05) is 11.1 Å². The van der Waals surface area contributed by atoms with Crippen LogP contribution in [0, 0.1) is 0 Å². The van der Waals surface area contributed by atoms with Crippen LogP contribution in [0.1, 0.15) is 45.7 Å². The lowest BCUT2D eigenvalue weighted by atomic mass is 9.92. The molecule has 4 rings (SSSR count). The summed E-state index contributed by atoms with van der Waals surface area (Å²) in [6.07, 6.45) is 0. The van der Waals surface area contributed by atoms with Crippen molar-refractivity contribution < 1.29 is 47.6 Å². The second-order valence-corrected chi connectivity index (χ2v) is 10.1. The number of esters is 2. The van der Waals surface area contributed by atoms with E-state index in [0.717, 1.165) is 11.1 Å². The summed E-state index contributed by atoms with van der Waals surface area (Å²) >= 11 is 0. The van der Waals surface area contributed by atoms with Gasteiger partial charge in [-0.05, 0) is 61.4 Å². The fraction of sp³-hybridized carbons (Fsp3) is 0.211. The molecule has 10 heteroatoms. The molecular weight excluding hydrogens is 616 g/mol. The molecule has 0 bridgehead atoms. The number of ketones is 2. The molecule has 0 radical (unpaired) electrons. The number of Topliss-reactive ketones (excluding diaryl/α,β-unsaturated/α-hetero) is 2. The summed E-state index contributed by atoms with van der Waals surface area (Å²) in [6, 6.07) is 27.4. The van der Waals surface area contributed by atoms with Crippen molar-refractivity contribution in [1.29, 1.82) is 0 Å². The standard InChI is InChI=1S/C38H36O10/c1-5-45-37(41)33(35(39)27-17-19-29(31(21-27)43-3)47-23-25-13-9-7-10-14-25)34(38(42)46-6-2)36(40)28-18-20-30(32(22-28)44-4)48-24-26-15-11-8-12-16-26/h7-22H,5-6,23-24H2,1-4H3/b34-33+. The average molecular weight is 653 g/mol. The van der Waals surface area contributed by atoms with E-state index in [1.807, 2.05) is 60.7 Å². The van der Waals surface area contributed by atoms with Crippen LogP contribution >= 0.6 is 0 Å². The Morgan fingerprint density at radius 3 is 1.21 bits per heavy atom. The van der Waals surface area contributed by atoms with Crippen molar-refractivity contribution in [3.05, 3.63) is 130 Å². The van der Waals surface area contributed by atoms with Crippen LogP contribution in [0.15, 0.2) is 108 Å². The summed E-state index contributed by atoms with van der Waals surface area (Å²) < 4.78 is 33.1. The van der Waals surface area contributed by atoms with Crippen LogP contribution in [0.5, 0.6) is 23.0 Å². The van der Waals surface area contributed by atoms with E-state index < -0.39 is 34.7 Å². The molecule has 0 saturated carbocycles. The van der Waals surface area contributed by atoms with Gasteiger partial charge in [-0.2, -0.15) is 0 Å². The van der Waals surface area contributed by atoms with Gasteiger partial charge in [0.2, 0.25) is 11.6 Å². The van der Waals surface area contributed by atoms with Gasteiger partial charge in [0.1, 0.15) is 24.4 Å². The van der Waals surface area contributed by atoms with E-state index in [2.05, 4.69) is 0 Å². The van der Waals surface area contributed by atoms with Gasteiger partial charge in [-0.1, -0.05) is 60.7 Å². The highest BCUT2D eigenvalue weighted by atomic mass is 16.5. The van der Waals surface area contributed by atoms with Gasteiger partial charge in [0.15, 0.2) is 23.0 Å². The summed E-state index contributed by atoms with van der Waals surface area (Å²) in [5, 5.41) is 0. The van der Waals surface area contributed by atoms with Crippen LogP contribution in [-0.4, -0.2) is 50.9 Å². The van der Waals surface area contributed by atoms with Crippen molar-refractivity contribution in [2.24, 2.45) is 0 Å². The Labute approximate surface area is 278 Å². The topological polar surface area (TPSA) is 124 Å². The minimum atomic E-state index is -1.17. The van der Waals surface area contributed by atoms with Crippen molar-refractivity contribution in [2.75, 3.05) is 27.4 Å². The molecule has 0 saturated heterocycles. The highest BCUT2D eigenvalue weighted by Gasteiger charge is 2.35. The lowest BCUT2D eigenvalue weighted by Gasteiger charge is -2.16. The zero-order valence-electron chi connectivity index (χ0n) is 27.1. The van der Waals surface area contributed by atoms with E-state index in [4.69, 9.17) is 28.4 Å². The minimum Gasteiger partial charge on any atom is -0.493 e. The van der Waals surface area contributed by atoms with Gasteiger partial charge in [0.25, 0.3) is 0 Å². The van der Waals surface area contributed by atoms with Crippen LogP contribution < -0.4 is 18.9 Å². The molecule has 0 atom stereocenters. The second-order valence-electron chi connectivity index (χ2n) is 10.1. The zero-order valence-corrected chi connectivity index (χ0v) is 27.1. The van der Waals surface area contributed by atoms with Gasteiger partial charge in [-0.15, -0.1) is 0 Å². The highest BCUT2D eigenvalue weighted by Crippen LogP contribution is 2.33. The Morgan fingerprint density at radius 1 is 0.500 bits per heavy atom. The third-order valence-electron chi connectivity index (χ3n) is 6.99. The SMILES string of the molecule is CCOC(=O)/C(C(=O)c1ccc(OCc2ccccc2)c(OC)c1)=C(/C(=O)OCC)C(=O)c1ccc(OCc2ccccc2)c(OC)c1. The van der Waals surface area contributed by atoms with Gasteiger partial charge >= 0.3 is 11.9 Å². The first kappa shape index (κ1) is 35.0. The monoisotopic (exact) mass is 652 g/mol. The number of hydrogen-bond acceptors (Lipinski definition) is 10. The molecule has 0 aromatic heterocycles. The summed E-state index contributed by atoms with van der Waals surface area (Å²) in [4.78, 5) is 54.8. The van der Waals surface area contributed by atoms with E-state index in [9.17, 15) is 19.2 Å². The summed E-state index contributed by atoms with van der Waals surface area (Å²) in [5.74, 6) is -3.18. The average Bonchev–Trinajstić information content (AvgIpc) is 3.12. The Balaban J connectivity index is 1.74. The van der Waals surface area contributed by atoms with Crippen LogP contribution in [-0.2, 0) is 32.3 Å². The molecule has 0 spiro atoms. The Morgan fingerprint density at radius 2 is 0.875 bits per heavy atom. The molecular formula is C38H36O10. The van der Waals surface area contributed by atoms with Crippen LogP contribution in [0.25, 0.3) is 0 Å². The Hall–Kier alpha value is -5.90. The minimum absolute atomic E-state index is 0.0567. The maximum Gasteiger partial charge on any atom is 0.343 e. The largest absolute Gasteiger partial charge is 0.493 e. The number of carbonyl (C=O) groups excluding carboxylic acids is 4. The molecule has 0 amide bonds. The first-order valence-corrected chi connectivity index (χ1v) is 15.2. The first-order valence-electron chi connectivity index (χ1n) is 15.2. The maximum absolute atomic E-state index is 14.0. The molecule has 0 N–H and O–H groups in total. The number of methoxy groups -OCH3 is 2. The van der Waals surface area contributed by atoms with Crippen molar-refractivity contribution in [3.63, 3.8) is 0 Å². The first-order chi connectivity index (χ1) is 23.3. The molecule has 0 fully saturated rings. The quantitative estimate of drug-likeness (QED) is 0.0445. The molecule has 0 unspecified atom stereocenters. The van der Waals surface area contributed by atoms with Crippen LogP contribution in [0.2, 0.25) is 0 Å². The number of benzene rings is 4. The number of rotatable bonds is 16. The molecule has 0 aliphatic carbocycles. The van der Waals surface area contributed by atoms with E-state index in [0.29, 0.717) is 11.5 Å². The molecule has 0 heterocycles. The van der Waals surface area contributed by atoms with E-state index in [-0.39, 0.29) is 49.1 Å². The van der Waals surface area contributed by atoms with Crippen LogP contribution in [0.3, 0.4) is 0 Å². The summed E-state index contributed by atoms with van der Waals surface area (Å²) in [5.41, 5.74) is 0.138. The van der Waals surface area contributed by atoms with E-state index in [1.165, 1.54) is 64.5 Å². The maximum atomic E-state index is 14.0. The van der Waals surface area contributed by atoms with Gasteiger partial charge in [-0.3, -0.25) is 9.59 Å².